The van der Waals surface area contributed by atoms with Crippen LogP contribution in [0, 0.1) is 6.92 Å². The number of H-pyrrole nitrogens is 1. The van der Waals surface area contributed by atoms with Crippen LogP contribution in [0.5, 0.6) is 0 Å². The SMILES string of the molecule is Cc1nc(SCC(=O)c2ccc(Br)s2)n[nH]1. The van der Waals surface area contributed by atoms with Gasteiger partial charge >= 0.3 is 0 Å². The lowest BCUT2D eigenvalue weighted by Gasteiger charge is -1.93. The average Bonchev–Trinajstić information content (AvgIpc) is 2.84. The van der Waals surface area contributed by atoms with Crippen molar-refractivity contribution >= 4 is 44.8 Å². The first-order valence-electron chi connectivity index (χ1n) is 4.45. The summed E-state index contributed by atoms with van der Waals surface area (Å²) in [6.07, 6.45) is 0. The minimum Gasteiger partial charge on any atom is -0.292 e. The van der Waals surface area contributed by atoms with Gasteiger partial charge in [0.05, 0.1) is 14.4 Å². The molecule has 0 atom stereocenters. The predicted molar refractivity (Wildman–Crippen MR) is 68.2 cm³/mol. The molecule has 0 saturated heterocycles. The monoisotopic (exact) mass is 317 g/mol. The number of aromatic nitrogens is 3. The van der Waals surface area contributed by atoms with Gasteiger partial charge in [0, 0.05) is 0 Å². The van der Waals surface area contributed by atoms with Gasteiger partial charge in [-0.15, -0.1) is 16.4 Å². The number of carbonyl (C=O) groups is 1. The molecule has 0 bridgehead atoms. The van der Waals surface area contributed by atoms with Crippen LogP contribution in [0.2, 0.25) is 0 Å². The Balaban J connectivity index is 1.93. The summed E-state index contributed by atoms with van der Waals surface area (Å²) in [5, 5.41) is 7.31. The number of aryl methyl sites for hydroxylation is 1. The molecule has 4 nitrogen and oxygen atoms in total. The Morgan fingerprint density at radius 2 is 2.44 bits per heavy atom. The molecule has 0 unspecified atom stereocenters. The second kappa shape index (κ2) is 5.11. The number of aromatic amines is 1. The number of nitrogens with one attached hydrogen (secondary N) is 1. The Hall–Kier alpha value is -0.660. The predicted octanol–water partition coefficient (Wildman–Crippen LogP) is 2.91. The molecular weight excluding hydrogens is 310 g/mol. The highest BCUT2D eigenvalue weighted by Gasteiger charge is 2.10. The largest absolute Gasteiger partial charge is 0.292 e. The van der Waals surface area contributed by atoms with Gasteiger partial charge in [-0.25, -0.2) is 4.98 Å². The number of carbonyl (C=O) groups excluding carboxylic acids is 1. The lowest BCUT2D eigenvalue weighted by molar-refractivity contribution is 0.102. The van der Waals surface area contributed by atoms with Crippen LogP contribution < -0.4 is 0 Å². The first kappa shape index (κ1) is 11.8. The van der Waals surface area contributed by atoms with Gasteiger partial charge in [-0.2, -0.15) is 0 Å². The van der Waals surface area contributed by atoms with Crippen LogP contribution in [-0.4, -0.2) is 26.7 Å². The van der Waals surface area contributed by atoms with E-state index in [9.17, 15) is 4.79 Å². The molecule has 0 amide bonds. The summed E-state index contributed by atoms with van der Waals surface area (Å²) in [5.74, 6) is 1.22. The molecule has 2 aromatic rings. The summed E-state index contributed by atoms with van der Waals surface area (Å²) in [6.45, 7) is 1.83. The molecule has 0 saturated carbocycles. The summed E-state index contributed by atoms with van der Waals surface area (Å²) in [5.41, 5.74) is 0. The highest BCUT2D eigenvalue weighted by atomic mass is 79.9. The normalized spacial score (nSPS) is 10.6. The average molecular weight is 318 g/mol. The van der Waals surface area contributed by atoms with Crippen molar-refractivity contribution in [3.05, 3.63) is 26.6 Å². The fraction of sp³-hybridized carbons (Fsp3) is 0.222. The Morgan fingerprint density at radius 3 is 3.00 bits per heavy atom. The van der Waals surface area contributed by atoms with Crippen molar-refractivity contribution in [2.24, 2.45) is 0 Å². The smallest absolute Gasteiger partial charge is 0.208 e. The fourth-order valence-corrected chi connectivity index (χ4v) is 3.19. The van der Waals surface area contributed by atoms with E-state index in [0.29, 0.717) is 10.9 Å². The van der Waals surface area contributed by atoms with Crippen LogP contribution in [0.3, 0.4) is 0 Å². The zero-order valence-electron chi connectivity index (χ0n) is 8.36. The molecule has 84 valence electrons. The molecule has 0 radical (unpaired) electrons. The summed E-state index contributed by atoms with van der Waals surface area (Å²) >= 11 is 6.11. The molecule has 0 fully saturated rings. The maximum absolute atomic E-state index is 11.7. The Kier molecular flexibility index (Phi) is 3.78. The molecule has 16 heavy (non-hydrogen) atoms. The first-order chi connectivity index (χ1) is 7.65. The minimum atomic E-state index is 0.100. The zero-order chi connectivity index (χ0) is 11.5. The number of thiophene rings is 1. The first-order valence-corrected chi connectivity index (χ1v) is 7.05. The third kappa shape index (κ3) is 2.93. The van der Waals surface area contributed by atoms with Crippen LogP contribution in [0.25, 0.3) is 0 Å². The van der Waals surface area contributed by atoms with Crippen molar-refractivity contribution < 1.29 is 4.79 Å². The molecule has 0 aromatic carbocycles. The molecule has 0 aliphatic carbocycles. The minimum absolute atomic E-state index is 0.100. The number of ketones is 1. The van der Waals surface area contributed by atoms with E-state index in [4.69, 9.17) is 0 Å². The molecule has 1 N–H and O–H groups in total. The van der Waals surface area contributed by atoms with Gasteiger partial charge in [-0.3, -0.25) is 9.89 Å². The van der Waals surface area contributed by atoms with Gasteiger partial charge in [0.25, 0.3) is 0 Å². The van der Waals surface area contributed by atoms with Crippen LogP contribution in [0.1, 0.15) is 15.5 Å². The van der Waals surface area contributed by atoms with Crippen LogP contribution in [0.15, 0.2) is 21.1 Å². The van der Waals surface area contributed by atoms with Gasteiger partial charge in [0.15, 0.2) is 5.78 Å². The summed E-state index contributed by atoms with van der Waals surface area (Å²) < 4.78 is 0.967. The molecular formula is C9H8BrN3OS2. The number of Topliss-reactive ketones (excluding diaryl/α,β-unsaturated/α-hetero) is 1. The third-order valence-corrected chi connectivity index (χ3v) is 4.27. The number of nitrogens with zero attached hydrogens (tertiary/aromatic N) is 2. The van der Waals surface area contributed by atoms with E-state index in [1.807, 2.05) is 19.1 Å². The summed E-state index contributed by atoms with van der Waals surface area (Å²) in [7, 11) is 0. The topological polar surface area (TPSA) is 58.6 Å². The van der Waals surface area contributed by atoms with Crippen molar-refractivity contribution in [3.63, 3.8) is 0 Å². The number of rotatable bonds is 4. The quantitative estimate of drug-likeness (QED) is 0.695. The maximum atomic E-state index is 11.7. The third-order valence-electron chi connectivity index (χ3n) is 1.76. The summed E-state index contributed by atoms with van der Waals surface area (Å²) in [4.78, 5) is 16.6. The number of hydrogen-bond acceptors (Lipinski definition) is 5. The van der Waals surface area contributed by atoms with E-state index in [1.165, 1.54) is 23.1 Å². The molecule has 0 aliphatic heterocycles. The molecule has 2 rings (SSSR count). The van der Waals surface area contributed by atoms with E-state index < -0.39 is 0 Å². The van der Waals surface area contributed by atoms with Gasteiger partial charge < -0.3 is 0 Å². The van der Waals surface area contributed by atoms with Gasteiger partial charge in [-0.05, 0) is 35.0 Å². The van der Waals surface area contributed by atoms with E-state index in [1.54, 1.807) is 0 Å². The van der Waals surface area contributed by atoms with E-state index in [0.717, 1.165) is 14.5 Å². The molecule has 0 aliphatic rings. The highest BCUT2D eigenvalue weighted by molar-refractivity contribution is 9.11. The second-order valence-corrected chi connectivity index (χ2v) is 6.42. The zero-order valence-corrected chi connectivity index (χ0v) is 11.6. The van der Waals surface area contributed by atoms with Crippen LogP contribution in [-0.2, 0) is 0 Å². The van der Waals surface area contributed by atoms with Crippen LogP contribution in [0.4, 0.5) is 0 Å². The van der Waals surface area contributed by atoms with Crippen molar-refractivity contribution in [1.29, 1.82) is 0 Å². The Bertz CT molecular complexity index is 508. The van der Waals surface area contributed by atoms with Crippen LogP contribution >= 0.6 is 39.0 Å². The highest BCUT2D eigenvalue weighted by Crippen LogP contribution is 2.24. The van der Waals surface area contributed by atoms with Gasteiger partial charge in [-0.1, -0.05) is 11.8 Å². The molecule has 7 heteroatoms. The number of thioether (sulfide) groups is 1. The molecule has 2 heterocycles. The number of halogens is 1. The van der Waals surface area contributed by atoms with Crippen molar-refractivity contribution in [3.8, 4) is 0 Å². The Labute approximate surface area is 109 Å². The van der Waals surface area contributed by atoms with E-state index in [-0.39, 0.29) is 5.78 Å². The van der Waals surface area contributed by atoms with Gasteiger partial charge in [0.2, 0.25) is 5.16 Å². The second-order valence-electron chi connectivity index (χ2n) is 3.02. The standard InChI is InChI=1S/C9H8BrN3OS2/c1-5-11-9(13-12-5)15-4-6(14)7-2-3-8(10)16-7/h2-3H,4H2,1H3,(H,11,12,13). The molecule has 0 spiro atoms. The lowest BCUT2D eigenvalue weighted by atomic mass is 10.4. The maximum Gasteiger partial charge on any atom is 0.208 e. The number of hydrogen-bond donors (Lipinski definition) is 1. The lowest BCUT2D eigenvalue weighted by Crippen LogP contribution is -1.99. The van der Waals surface area contributed by atoms with Crippen molar-refractivity contribution in [2.75, 3.05) is 5.75 Å². The van der Waals surface area contributed by atoms with Crippen molar-refractivity contribution in [2.45, 2.75) is 12.1 Å². The van der Waals surface area contributed by atoms with Gasteiger partial charge in [0.1, 0.15) is 5.82 Å². The van der Waals surface area contributed by atoms with E-state index in [2.05, 4.69) is 31.1 Å². The molecule has 2 aromatic heterocycles. The Morgan fingerprint density at radius 1 is 1.62 bits per heavy atom. The van der Waals surface area contributed by atoms with Crippen molar-refractivity contribution in [1.82, 2.24) is 15.2 Å². The van der Waals surface area contributed by atoms with E-state index >= 15 is 0 Å². The fourth-order valence-electron chi connectivity index (χ4n) is 1.05. The summed E-state index contributed by atoms with van der Waals surface area (Å²) in [6, 6.07) is 3.69.